The molecule has 0 radical (unpaired) electrons. The molecule has 0 saturated heterocycles. The number of allylic oxidation sites excluding steroid dienone is 2. The van der Waals surface area contributed by atoms with Gasteiger partial charge in [0.1, 0.15) is 0 Å². The van der Waals surface area contributed by atoms with Gasteiger partial charge in [0.15, 0.2) is 0 Å². The summed E-state index contributed by atoms with van der Waals surface area (Å²) >= 11 is 0. The van der Waals surface area contributed by atoms with Gasteiger partial charge in [-0.25, -0.2) is 0 Å². The molecule has 0 aromatic heterocycles. The van der Waals surface area contributed by atoms with Crippen LogP contribution in [0.15, 0.2) is 42.0 Å². The van der Waals surface area contributed by atoms with E-state index in [0.29, 0.717) is 5.41 Å². The summed E-state index contributed by atoms with van der Waals surface area (Å²) in [5.41, 5.74) is 7.07. The van der Waals surface area contributed by atoms with E-state index in [1.165, 1.54) is 54.9 Å². The first-order valence-corrected chi connectivity index (χ1v) is 9.02. The van der Waals surface area contributed by atoms with Gasteiger partial charge in [0.25, 0.3) is 0 Å². The molecule has 5 rings (SSSR count). The smallest absolute Gasteiger partial charge is 0.00274 e. The minimum atomic E-state index is 0.494. The molecule has 2 aromatic rings. The highest BCUT2D eigenvalue weighted by molar-refractivity contribution is 5.85. The van der Waals surface area contributed by atoms with E-state index in [2.05, 4.69) is 43.3 Å². The maximum Gasteiger partial charge on any atom is 0.00274 e. The van der Waals surface area contributed by atoms with Gasteiger partial charge >= 0.3 is 0 Å². The quantitative estimate of drug-likeness (QED) is 0.589. The maximum atomic E-state index is 2.57. The van der Waals surface area contributed by atoms with Crippen LogP contribution >= 0.6 is 0 Å². The second-order valence-corrected chi connectivity index (χ2v) is 7.73. The Labute approximate surface area is 133 Å². The van der Waals surface area contributed by atoms with Crippen LogP contribution in [0.1, 0.15) is 55.7 Å². The summed E-state index contributed by atoms with van der Waals surface area (Å²) < 4.78 is 0. The molecule has 22 heavy (non-hydrogen) atoms. The van der Waals surface area contributed by atoms with Gasteiger partial charge in [0.2, 0.25) is 0 Å². The Morgan fingerprint density at radius 3 is 2.86 bits per heavy atom. The standard InChI is InChI=1S/C22H24/c1-2-15-5-7-17-12-18-4-3-9-22(21(18)13-19(17)10-15)14-16-6-8-20(22)11-16/h5-7,10,12-13,20H,2-4,8-9,11,14H2,1H3. The number of fused-ring (bicyclic) bond motifs is 6. The molecule has 1 fully saturated rings. The van der Waals surface area contributed by atoms with Crippen LogP contribution in [0.5, 0.6) is 0 Å². The third-order valence-corrected chi connectivity index (χ3v) is 6.66. The number of hydrogen-bond acceptors (Lipinski definition) is 0. The molecule has 2 aromatic carbocycles. The van der Waals surface area contributed by atoms with Gasteiger partial charge in [-0.3, -0.25) is 0 Å². The molecule has 1 saturated carbocycles. The Hall–Kier alpha value is -1.56. The molecular formula is C22H24. The fourth-order valence-corrected chi connectivity index (χ4v) is 5.53. The molecule has 3 aliphatic rings. The molecule has 2 bridgehead atoms. The normalized spacial score (nSPS) is 29.1. The first-order valence-electron chi connectivity index (χ1n) is 9.02. The number of benzene rings is 2. The second-order valence-electron chi connectivity index (χ2n) is 7.73. The lowest BCUT2D eigenvalue weighted by molar-refractivity contribution is 0.270. The van der Waals surface area contributed by atoms with E-state index >= 15 is 0 Å². The van der Waals surface area contributed by atoms with Crippen molar-refractivity contribution in [2.75, 3.05) is 0 Å². The Morgan fingerprint density at radius 2 is 2.09 bits per heavy atom. The minimum Gasteiger partial charge on any atom is -0.0850 e. The minimum absolute atomic E-state index is 0.494. The van der Waals surface area contributed by atoms with Gasteiger partial charge in [0, 0.05) is 5.41 Å². The van der Waals surface area contributed by atoms with Crippen molar-refractivity contribution in [3.8, 4) is 0 Å². The largest absolute Gasteiger partial charge is 0.0850 e. The predicted molar refractivity (Wildman–Crippen MR) is 93.4 cm³/mol. The maximum absolute atomic E-state index is 2.57. The Balaban J connectivity index is 1.73. The van der Waals surface area contributed by atoms with Gasteiger partial charge in [-0.05, 0) is 78.3 Å². The zero-order chi connectivity index (χ0) is 14.7. The van der Waals surface area contributed by atoms with Crippen LogP contribution < -0.4 is 0 Å². The van der Waals surface area contributed by atoms with Gasteiger partial charge < -0.3 is 0 Å². The van der Waals surface area contributed by atoms with Crippen molar-refractivity contribution in [1.29, 1.82) is 0 Å². The summed E-state index contributed by atoms with van der Waals surface area (Å²) in [7, 11) is 0. The zero-order valence-electron chi connectivity index (χ0n) is 13.5. The number of hydrogen-bond donors (Lipinski definition) is 0. The molecule has 0 heteroatoms. The summed E-state index contributed by atoms with van der Waals surface area (Å²) in [6.07, 6.45) is 11.8. The van der Waals surface area contributed by atoms with Crippen LogP contribution in [0.2, 0.25) is 0 Å². The van der Waals surface area contributed by atoms with Crippen LogP contribution in [0.4, 0.5) is 0 Å². The lowest BCUT2D eigenvalue weighted by Gasteiger charge is -2.41. The Morgan fingerprint density at radius 1 is 1.14 bits per heavy atom. The first-order chi connectivity index (χ1) is 10.8. The van der Waals surface area contributed by atoms with Crippen molar-refractivity contribution in [1.82, 2.24) is 0 Å². The lowest BCUT2D eigenvalue weighted by Crippen LogP contribution is -2.35. The zero-order valence-corrected chi connectivity index (χ0v) is 13.5. The third kappa shape index (κ3) is 1.64. The van der Waals surface area contributed by atoms with E-state index in [1.54, 1.807) is 16.7 Å². The molecular weight excluding hydrogens is 264 g/mol. The van der Waals surface area contributed by atoms with Gasteiger partial charge in [-0.2, -0.15) is 0 Å². The topological polar surface area (TPSA) is 0 Å². The summed E-state index contributed by atoms with van der Waals surface area (Å²) in [4.78, 5) is 0. The molecule has 2 atom stereocenters. The van der Waals surface area contributed by atoms with E-state index in [1.807, 2.05) is 0 Å². The Kier molecular flexibility index (Phi) is 2.63. The average molecular weight is 288 g/mol. The molecule has 0 N–H and O–H groups in total. The average Bonchev–Trinajstić information content (AvgIpc) is 3.14. The van der Waals surface area contributed by atoms with Crippen LogP contribution in [0, 0.1) is 5.92 Å². The molecule has 1 spiro atoms. The highest BCUT2D eigenvalue weighted by atomic mass is 14.5. The van der Waals surface area contributed by atoms with Crippen molar-refractivity contribution in [3.05, 3.63) is 58.7 Å². The first kappa shape index (κ1) is 12.9. The lowest BCUT2D eigenvalue weighted by atomic mass is 9.62. The van der Waals surface area contributed by atoms with Crippen LogP contribution in [-0.2, 0) is 18.3 Å². The highest BCUT2D eigenvalue weighted by Crippen LogP contribution is 2.58. The summed E-state index contributed by atoms with van der Waals surface area (Å²) in [5, 5.41) is 2.91. The Bertz CT molecular complexity index is 795. The molecule has 2 unspecified atom stereocenters. The van der Waals surface area contributed by atoms with Crippen molar-refractivity contribution in [2.45, 2.75) is 57.3 Å². The molecule has 0 amide bonds. The molecule has 3 aliphatic carbocycles. The van der Waals surface area contributed by atoms with E-state index in [0.717, 1.165) is 12.3 Å². The van der Waals surface area contributed by atoms with Crippen molar-refractivity contribution in [2.24, 2.45) is 5.92 Å². The highest BCUT2D eigenvalue weighted by Gasteiger charge is 2.49. The van der Waals surface area contributed by atoms with Crippen LogP contribution in [0.25, 0.3) is 10.8 Å². The number of aryl methyl sites for hydroxylation is 2. The summed E-state index contributed by atoms with van der Waals surface area (Å²) in [6.45, 7) is 2.25. The SMILES string of the molecule is CCc1ccc2cc3c(cc2c1)C1(CCC3)CC2=CCC1C2. The fraction of sp³-hybridized carbons (Fsp3) is 0.455. The fourth-order valence-electron chi connectivity index (χ4n) is 5.53. The molecule has 112 valence electrons. The van der Waals surface area contributed by atoms with Crippen LogP contribution in [-0.4, -0.2) is 0 Å². The van der Waals surface area contributed by atoms with E-state index < -0.39 is 0 Å². The van der Waals surface area contributed by atoms with Gasteiger partial charge in [-0.15, -0.1) is 0 Å². The second kappa shape index (κ2) is 4.47. The predicted octanol–water partition coefficient (Wildman–Crippen LogP) is 5.72. The van der Waals surface area contributed by atoms with Gasteiger partial charge in [-0.1, -0.05) is 48.9 Å². The molecule has 0 heterocycles. The van der Waals surface area contributed by atoms with E-state index in [-0.39, 0.29) is 0 Å². The number of rotatable bonds is 1. The third-order valence-electron chi connectivity index (χ3n) is 6.66. The van der Waals surface area contributed by atoms with E-state index in [9.17, 15) is 0 Å². The molecule has 0 nitrogen and oxygen atoms in total. The molecule has 0 aliphatic heterocycles. The van der Waals surface area contributed by atoms with E-state index in [4.69, 9.17) is 0 Å². The van der Waals surface area contributed by atoms with Crippen molar-refractivity contribution < 1.29 is 0 Å². The van der Waals surface area contributed by atoms with Crippen LogP contribution in [0.3, 0.4) is 0 Å². The summed E-state index contributed by atoms with van der Waals surface area (Å²) in [6, 6.07) is 12.1. The van der Waals surface area contributed by atoms with Crippen molar-refractivity contribution >= 4 is 10.8 Å². The summed E-state index contributed by atoms with van der Waals surface area (Å²) in [5.74, 6) is 0.897. The van der Waals surface area contributed by atoms with Gasteiger partial charge in [0.05, 0.1) is 0 Å². The van der Waals surface area contributed by atoms with Crippen molar-refractivity contribution in [3.63, 3.8) is 0 Å². The monoisotopic (exact) mass is 288 g/mol.